The van der Waals surface area contributed by atoms with Gasteiger partial charge in [0.15, 0.2) is 0 Å². The zero-order valence-electron chi connectivity index (χ0n) is 13.6. The van der Waals surface area contributed by atoms with E-state index in [1.165, 1.54) is 58.5 Å². The summed E-state index contributed by atoms with van der Waals surface area (Å²) in [5.41, 5.74) is -0.546. The number of carbonyl (C=O) groups excluding carboxylic acids is 1. The smallest absolute Gasteiger partial charge is 0.327 e. The molecule has 2 aliphatic carbocycles. The van der Waals surface area contributed by atoms with E-state index < -0.39 is 5.54 Å². The predicted molar refractivity (Wildman–Crippen MR) is 83.1 cm³/mol. The molecule has 4 heteroatoms. The molecule has 3 aliphatic rings. The topological polar surface area (TPSA) is 41.6 Å². The first-order valence-electron chi connectivity index (χ1n) is 8.72. The van der Waals surface area contributed by atoms with Crippen molar-refractivity contribution in [2.75, 3.05) is 20.2 Å². The third kappa shape index (κ3) is 3.42. The molecule has 1 N–H and O–H groups in total. The van der Waals surface area contributed by atoms with E-state index in [0.29, 0.717) is 12.1 Å². The number of rotatable bonds is 5. The van der Waals surface area contributed by atoms with Crippen molar-refractivity contribution in [2.24, 2.45) is 5.92 Å². The Kier molecular flexibility index (Phi) is 4.55. The van der Waals surface area contributed by atoms with Crippen LogP contribution in [0.2, 0.25) is 0 Å². The fourth-order valence-corrected chi connectivity index (χ4v) is 4.40. The van der Waals surface area contributed by atoms with Crippen molar-refractivity contribution in [3.8, 4) is 0 Å². The summed E-state index contributed by atoms with van der Waals surface area (Å²) in [4.78, 5) is 14.9. The van der Waals surface area contributed by atoms with Gasteiger partial charge in [0, 0.05) is 18.6 Å². The second kappa shape index (κ2) is 6.25. The Morgan fingerprint density at radius 2 is 1.90 bits per heavy atom. The van der Waals surface area contributed by atoms with Gasteiger partial charge in [-0.25, -0.2) is 0 Å². The molecule has 2 saturated carbocycles. The van der Waals surface area contributed by atoms with Crippen molar-refractivity contribution in [3.63, 3.8) is 0 Å². The predicted octanol–water partition coefficient (Wildman–Crippen LogP) is 2.32. The number of ether oxygens (including phenoxy) is 1. The van der Waals surface area contributed by atoms with Crippen molar-refractivity contribution < 1.29 is 9.53 Å². The van der Waals surface area contributed by atoms with Gasteiger partial charge in [-0.2, -0.15) is 0 Å². The zero-order valence-corrected chi connectivity index (χ0v) is 13.6. The molecule has 0 aromatic carbocycles. The number of piperidine rings is 1. The minimum Gasteiger partial charge on any atom is -0.468 e. The van der Waals surface area contributed by atoms with E-state index in [4.69, 9.17) is 4.74 Å². The number of methoxy groups -OCH3 is 1. The van der Waals surface area contributed by atoms with Crippen molar-refractivity contribution >= 4 is 5.97 Å². The average Bonchev–Trinajstić information content (AvgIpc) is 3.30. The molecule has 0 radical (unpaired) electrons. The molecule has 0 spiro atoms. The SMILES string of the molecule is COC(=O)C(C)(CN1CCC[C@H]2CCCC[C@H]21)NC1CC1. The Morgan fingerprint density at radius 3 is 2.62 bits per heavy atom. The van der Waals surface area contributed by atoms with E-state index in [1.807, 2.05) is 6.92 Å². The van der Waals surface area contributed by atoms with Gasteiger partial charge in [0.2, 0.25) is 0 Å². The van der Waals surface area contributed by atoms with Gasteiger partial charge in [0.25, 0.3) is 0 Å². The second-order valence-corrected chi connectivity index (χ2v) is 7.47. The fraction of sp³-hybridized carbons (Fsp3) is 0.941. The van der Waals surface area contributed by atoms with E-state index >= 15 is 0 Å². The maximum Gasteiger partial charge on any atom is 0.327 e. The molecule has 4 nitrogen and oxygen atoms in total. The minimum atomic E-state index is -0.546. The van der Waals surface area contributed by atoms with Crippen LogP contribution in [0.15, 0.2) is 0 Å². The van der Waals surface area contributed by atoms with E-state index in [0.717, 1.165) is 19.0 Å². The van der Waals surface area contributed by atoms with Crippen molar-refractivity contribution in [1.29, 1.82) is 0 Å². The van der Waals surface area contributed by atoms with E-state index in [1.54, 1.807) is 0 Å². The second-order valence-electron chi connectivity index (χ2n) is 7.47. The number of hydrogen-bond donors (Lipinski definition) is 1. The van der Waals surface area contributed by atoms with Gasteiger partial charge in [-0.3, -0.25) is 15.0 Å². The summed E-state index contributed by atoms with van der Waals surface area (Å²) < 4.78 is 5.09. The molecule has 0 amide bonds. The molecule has 1 heterocycles. The van der Waals surface area contributed by atoms with Gasteiger partial charge >= 0.3 is 5.97 Å². The van der Waals surface area contributed by atoms with Gasteiger partial charge in [0.05, 0.1) is 7.11 Å². The van der Waals surface area contributed by atoms with Crippen LogP contribution in [0, 0.1) is 5.92 Å². The minimum absolute atomic E-state index is 0.104. The van der Waals surface area contributed by atoms with Gasteiger partial charge in [-0.05, 0) is 57.9 Å². The Balaban J connectivity index is 1.69. The van der Waals surface area contributed by atoms with Gasteiger partial charge in [0.1, 0.15) is 5.54 Å². The van der Waals surface area contributed by atoms with Crippen molar-refractivity contribution in [1.82, 2.24) is 10.2 Å². The average molecular weight is 294 g/mol. The zero-order chi connectivity index (χ0) is 14.9. The fourth-order valence-electron chi connectivity index (χ4n) is 4.40. The Morgan fingerprint density at radius 1 is 1.19 bits per heavy atom. The number of esters is 1. The highest BCUT2D eigenvalue weighted by molar-refractivity contribution is 5.80. The Bertz CT molecular complexity index is 381. The first kappa shape index (κ1) is 15.3. The van der Waals surface area contributed by atoms with Gasteiger partial charge in [-0.15, -0.1) is 0 Å². The van der Waals surface area contributed by atoms with E-state index in [2.05, 4.69) is 10.2 Å². The van der Waals surface area contributed by atoms with Crippen molar-refractivity contribution in [2.45, 2.75) is 75.9 Å². The summed E-state index contributed by atoms with van der Waals surface area (Å²) in [5.74, 6) is 0.752. The summed E-state index contributed by atoms with van der Waals surface area (Å²) in [6.45, 7) is 3.97. The molecular weight excluding hydrogens is 264 g/mol. The molecule has 1 aliphatic heterocycles. The highest BCUT2D eigenvalue weighted by Crippen LogP contribution is 2.36. The summed E-state index contributed by atoms with van der Waals surface area (Å²) in [6.07, 6.45) is 10.5. The monoisotopic (exact) mass is 294 g/mol. The van der Waals surface area contributed by atoms with Gasteiger partial charge < -0.3 is 4.74 Å². The van der Waals surface area contributed by atoms with Crippen LogP contribution in [-0.4, -0.2) is 48.7 Å². The molecule has 21 heavy (non-hydrogen) atoms. The van der Waals surface area contributed by atoms with Crippen LogP contribution in [0.4, 0.5) is 0 Å². The Labute approximate surface area is 128 Å². The third-order valence-electron chi connectivity index (χ3n) is 5.61. The van der Waals surface area contributed by atoms with E-state index in [-0.39, 0.29) is 5.97 Å². The van der Waals surface area contributed by atoms with Crippen LogP contribution >= 0.6 is 0 Å². The molecule has 3 rings (SSSR count). The molecule has 120 valence electrons. The normalized spacial score (nSPS) is 33.0. The summed E-state index contributed by atoms with van der Waals surface area (Å²) in [7, 11) is 1.51. The van der Waals surface area contributed by atoms with Crippen LogP contribution in [0.5, 0.6) is 0 Å². The molecule has 3 atom stereocenters. The lowest BCUT2D eigenvalue weighted by atomic mass is 9.78. The molecule has 3 fully saturated rings. The van der Waals surface area contributed by atoms with Crippen LogP contribution in [0.1, 0.15) is 58.3 Å². The van der Waals surface area contributed by atoms with Crippen LogP contribution in [-0.2, 0) is 9.53 Å². The molecule has 0 aromatic rings. The molecule has 1 unspecified atom stereocenters. The highest BCUT2D eigenvalue weighted by Gasteiger charge is 2.43. The summed E-state index contributed by atoms with van der Waals surface area (Å²) in [5, 5.41) is 3.54. The Hall–Kier alpha value is -0.610. The number of nitrogens with one attached hydrogen (secondary N) is 1. The lowest BCUT2D eigenvalue weighted by molar-refractivity contribution is -0.149. The third-order valence-corrected chi connectivity index (χ3v) is 5.61. The largest absolute Gasteiger partial charge is 0.468 e. The molecule has 0 aromatic heterocycles. The number of fused-ring (bicyclic) bond motifs is 1. The standard InChI is InChI=1S/C17H30N2O2/c1-17(16(20)21-2,18-14-9-10-14)12-19-11-5-7-13-6-3-4-8-15(13)19/h13-15,18H,3-12H2,1-2H3/t13-,15-,17?/m1/s1. The van der Waals surface area contributed by atoms with Crippen LogP contribution < -0.4 is 5.32 Å². The first-order valence-corrected chi connectivity index (χ1v) is 8.72. The quantitative estimate of drug-likeness (QED) is 0.790. The maximum atomic E-state index is 12.3. The number of likely N-dealkylation sites (tertiary alicyclic amines) is 1. The number of hydrogen-bond acceptors (Lipinski definition) is 4. The van der Waals surface area contributed by atoms with Crippen LogP contribution in [0.3, 0.4) is 0 Å². The number of nitrogens with zero attached hydrogens (tertiary/aromatic N) is 1. The first-order chi connectivity index (χ1) is 10.1. The highest BCUT2D eigenvalue weighted by atomic mass is 16.5. The molecule has 1 saturated heterocycles. The lowest BCUT2D eigenvalue weighted by Crippen LogP contribution is -2.61. The van der Waals surface area contributed by atoms with E-state index in [9.17, 15) is 4.79 Å². The molecular formula is C17H30N2O2. The lowest BCUT2D eigenvalue weighted by Gasteiger charge is -2.47. The number of carbonyl (C=O) groups is 1. The van der Waals surface area contributed by atoms with Gasteiger partial charge in [-0.1, -0.05) is 12.8 Å². The van der Waals surface area contributed by atoms with Crippen molar-refractivity contribution in [3.05, 3.63) is 0 Å². The summed E-state index contributed by atoms with van der Waals surface area (Å²) >= 11 is 0. The summed E-state index contributed by atoms with van der Waals surface area (Å²) in [6, 6.07) is 1.21. The molecule has 0 bridgehead atoms. The van der Waals surface area contributed by atoms with Crippen LogP contribution in [0.25, 0.3) is 0 Å². The maximum absolute atomic E-state index is 12.3.